The Morgan fingerprint density at radius 1 is 1.25 bits per heavy atom. The first-order valence-electron chi connectivity index (χ1n) is 3.79. The Morgan fingerprint density at radius 2 is 2.25 bits per heavy atom. The van der Waals surface area contributed by atoms with Crippen LogP contribution in [0.4, 0.5) is 0 Å². The second-order valence-electron chi connectivity index (χ2n) is 2.88. The molecule has 0 aliphatic heterocycles. The van der Waals surface area contributed by atoms with Gasteiger partial charge >= 0.3 is 0 Å². The van der Waals surface area contributed by atoms with Crippen LogP contribution in [-0.4, -0.2) is 20.2 Å². The van der Waals surface area contributed by atoms with E-state index in [1.54, 1.807) is 11.0 Å². The zero-order valence-corrected chi connectivity index (χ0v) is 6.31. The molecule has 12 heavy (non-hydrogen) atoms. The van der Waals surface area contributed by atoms with Gasteiger partial charge in [-0.15, -0.1) is 5.10 Å². The van der Waals surface area contributed by atoms with Crippen LogP contribution in [0.3, 0.4) is 0 Å². The second kappa shape index (κ2) is 1.91. The zero-order valence-electron chi connectivity index (χ0n) is 6.31. The Kier molecular flexibility index (Phi) is 0.935. The summed E-state index contributed by atoms with van der Waals surface area (Å²) in [6.07, 6.45) is 2.73. The number of aromatic nitrogens is 4. The lowest BCUT2D eigenvalue weighted by Crippen LogP contribution is -1.93. The Labute approximate surface area is 68.8 Å². The van der Waals surface area contributed by atoms with Crippen molar-refractivity contribution in [3.05, 3.63) is 35.7 Å². The van der Waals surface area contributed by atoms with Crippen molar-refractivity contribution in [1.29, 1.82) is 0 Å². The van der Waals surface area contributed by atoms with Crippen LogP contribution in [0, 0.1) is 0 Å². The molecule has 4 nitrogen and oxygen atoms in total. The molecule has 4 heteroatoms. The lowest BCUT2D eigenvalue weighted by atomic mass is 10.3. The summed E-state index contributed by atoms with van der Waals surface area (Å²) >= 11 is 0. The fraction of sp³-hybridized carbons (Fsp3) is 0.125. The van der Waals surface area contributed by atoms with Crippen molar-refractivity contribution < 1.29 is 0 Å². The van der Waals surface area contributed by atoms with Crippen molar-refractivity contribution in [1.82, 2.24) is 20.2 Å². The van der Waals surface area contributed by atoms with E-state index in [0.717, 1.165) is 12.1 Å². The van der Waals surface area contributed by atoms with Crippen molar-refractivity contribution >= 4 is 0 Å². The summed E-state index contributed by atoms with van der Waals surface area (Å²) in [5.41, 5.74) is 3.88. The molecule has 0 atom stereocenters. The normalized spacial score (nSPS) is 12.7. The molecule has 0 amide bonds. The number of nitrogens with zero attached hydrogens (tertiary/aromatic N) is 4. The molecule has 0 fully saturated rings. The fourth-order valence-electron chi connectivity index (χ4n) is 1.31. The molecular weight excluding hydrogens is 152 g/mol. The minimum atomic E-state index is 1.04. The molecule has 1 heterocycles. The summed E-state index contributed by atoms with van der Waals surface area (Å²) in [5.74, 6) is 0. The Bertz CT molecular complexity index is 419. The van der Waals surface area contributed by atoms with E-state index < -0.39 is 0 Å². The largest absolute Gasteiger partial charge is 0.201 e. The number of benzene rings is 1. The van der Waals surface area contributed by atoms with E-state index in [-0.39, 0.29) is 0 Å². The average molecular weight is 158 g/mol. The van der Waals surface area contributed by atoms with Crippen LogP contribution < -0.4 is 0 Å². The summed E-state index contributed by atoms with van der Waals surface area (Å²) in [7, 11) is 0. The second-order valence-corrected chi connectivity index (χ2v) is 2.88. The molecule has 0 spiro atoms. The van der Waals surface area contributed by atoms with Gasteiger partial charge in [-0.3, -0.25) is 0 Å². The third-order valence-electron chi connectivity index (χ3n) is 2.06. The molecular formula is C8H6N4. The van der Waals surface area contributed by atoms with Gasteiger partial charge in [-0.1, -0.05) is 6.07 Å². The standard InChI is InChI=1S/C8H6N4/c1-2-8(4-7-3-6(1)7)12-5-9-10-11-12/h1-2,4-5H,3H2. The van der Waals surface area contributed by atoms with Gasteiger partial charge in [0.15, 0.2) is 0 Å². The SMILES string of the molecule is c1cc2c(cc1-n1cnnn1)C2. The molecule has 0 N–H and O–H groups in total. The lowest BCUT2D eigenvalue weighted by molar-refractivity contribution is 0.789. The maximum Gasteiger partial charge on any atom is 0.143 e. The lowest BCUT2D eigenvalue weighted by Gasteiger charge is -1.94. The van der Waals surface area contributed by atoms with Gasteiger partial charge in [-0.2, -0.15) is 0 Å². The number of rotatable bonds is 1. The number of tetrazole rings is 1. The van der Waals surface area contributed by atoms with Crippen molar-refractivity contribution in [3.63, 3.8) is 0 Å². The molecule has 0 saturated carbocycles. The predicted molar refractivity (Wildman–Crippen MR) is 42.0 cm³/mol. The van der Waals surface area contributed by atoms with Crippen LogP contribution in [0.25, 0.3) is 5.69 Å². The molecule has 0 radical (unpaired) electrons. The Balaban J connectivity index is 2.14. The maximum absolute atomic E-state index is 3.81. The quantitative estimate of drug-likeness (QED) is 0.520. The van der Waals surface area contributed by atoms with Gasteiger partial charge in [0.25, 0.3) is 0 Å². The number of fused-ring (bicyclic) bond motifs is 1. The molecule has 58 valence electrons. The summed E-state index contributed by atoms with van der Waals surface area (Å²) in [4.78, 5) is 0. The first-order chi connectivity index (χ1) is 5.93. The zero-order chi connectivity index (χ0) is 7.97. The first kappa shape index (κ1) is 5.88. The number of hydrogen-bond acceptors (Lipinski definition) is 3. The van der Waals surface area contributed by atoms with Gasteiger partial charge in [-0.05, 0) is 40.1 Å². The van der Waals surface area contributed by atoms with E-state index in [0.29, 0.717) is 0 Å². The minimum Gasteiger partial charge on any atom is -0.201 e. The molecule has 3 rings (SSSR count). The average Bonchev–Trinajstić information content (AvgIpc) is 2.66. The predicted octanol–water partition coefficient (Wildman–Crippen LogP) is 0.567. The smallest absolute Gasteiger partial charge is 0.143 e. The van der Waals surface area contributed by atoms with Crippen LogP contribution >= 0.6 is 0 Å². The summed E-state index contributed by atoms with van der Waals surface area (Å²) in [6, 6.07) is 6.26. The van der Waals surface area contributed by atoms with Gasteiger partial charge in [0.2, 0.25) is 0 Å². The highest BCUT2D eigenvalue weighted by Gasteiger charge is 2.16. The fourth-order valence-corrected chi connectivity index (χ4v) is 1.31. The van der Waals surface area contributed by atoms with E-state index in [1.807, 2.05) is 6.07 Å². The number of hydrogen-bond donors (Lipinski definition) is 0. The van der Waals surface area contributed by atoms with Crippen molar-refractivity contribution in [2.24, 2.45) is 0 Å². The van der Waals surface area contributed by atoms with Gasteiger partial charge in [0, 0.05) is 0 Å². The van der Waals surface area contributed by atoms with E-state index in [1.165, 1.54) is 11.1 Å². The molecule has 1 aromatic carbocycles. The molecule has 0 bridgehead atoms. The van der Waals surface area contributed by atoms with Gasteiger partial charge in [-0.25, -0.2) is 4.68 Å². The highest BCUT2D eigenvalue weighted by atomic mass is 15.5. The van der Waals surface area contributed by atoms with Gasteiger partial charge in [0.05, 0.1) is 5.69 Å². The molecule has 0 unspecified atom stereocenters. The van der Waals surface area contributed by atoms with E-state index in [9.17, 15) is 0 Å². The molecule has 2 aromatic rings. The van der Waals surface area contributed by atoms with E-state index in [2.05, 4.69) is 27.7 Å². The highest BCUT2D eigenvalue weighted by Crippen LogP contribution is 2.29. The molecule has 1 aliphatic carbocycles. The van der Waals surface area contributed by atoms with E-state index in [4.69, 9.17) is 0 Å². The Morgan fingerprint density at radius 3 is 3.00 bits per heavy atom. The Hall–Kier alpha value is -1.71. The van der Waals surface area contributed by atoms with Crippen molar-refractivity contribution in [2.75, 3.05) is 0 Å². The van der Waals surface area contributed by atoms with Crippen LogP contribution in [-0.2, 0) is 6.42 Å². The van der Waals surface area contributed by atoms with Gasteiger partial charge in [0.1, 0.15) is 6.33 Å². The minimum absolute atomic E-state index is 1.04. The highest BCUT2D eigenvalue weighted by molar-refractivity contribution is 5.51. The van der Waals surface area contributed by atoms with Crippen LogP contribution in [0.5, 0.6) is 0 Å². The van der Waals surface area contributed by atoms with Gasteiger partial charge < -0.3 is 0 Å². The van der Waals surface area contributed by atoms with Crippen molar-refractivity contribution in [2.45, 2.75) is 6.42 Å². The monoisotopic (exact) mass is 158 g/mol. The summed E-state index contributed by atoms with van der Waals surface area (Å²) in [6.45, 7) is 0. The van der Waals surface area contributed by atoms with Crippen LogP contribution in [0.1, 0.15) is 11.1 Å². The summed E-state index contributed by atoms with van der Waals surface area (Å²) < 4.78 is 1.67. The summed E-state index contributed by atoms with van der Waals surface area (Å²) in [5, 5.41) is 11.0. The molecule has 0 saturated heterocycles. The third-order valence-corrected chi connectivity index (χ3v) is 2.06. The molecule has 1 aromatic heterocycles. The van der Waals surface area contributed by atoms with Crippen molar-refractivity contribution in [3.8, 4) is 5.69 Å². The van der Waals surface area contributed by atoms with E-state index >= 15 is 0 Å². The van der Waals surface area contributed by atoms with Crippen LogP contribution in [0.15, 0.2) is 24.5 Å². The molecule has 1 aliphatic rings. The maximum atomic E-state index is 3.81. The topological polar surface area (TPSA) is 43.6 Å². The first-order valence-corrected chi connectivity index (χ1v) is 3.79. The van der Waals surface area contributed by atoms with Crippen LogP contribution in [0.2, 0.25) is 0 Å². The third kappa shape index (κ3) is 0.747.